The van der Waals surface area contributed by atoms with Crippen molar-refractivity contribution in [1.82, 2.24) is 4.98 Å². The van der Waals surface area contributed by atoms with Gasteiger partial charge in [-0.15, -0.1) is 0 Å². The molecule has 0 saturated carbocycles. The Morgan fingerprint density at radius 3 is 2.59 bits per heavy atom. The first kappa shape index (κ1) is 11.7. The Kier molecular flexibility index (Phi) is 2.71. The second-order valence-corrected chi connectivity index (χ2v) is 5.08. The molecule has 0 aliphatic heterocycles. The van der Waals surface area contributed by atoms with Crippen molar-refractivity contribution in [2.45, 2.75) is 0 Å². The molecule has 88 valence electrons. The molecule has 0 aliphatic rings. The zero-order valence-electron chi connectivity index (χ0n) is 8.57. The van der Waals surface area contributed by atoms with Gasteiger partial charge in [0.2, 0.25) is 0 Å². The lowest BCUT2D eigenvalue weighted by Crippen LogP contribution is -2.14. The molecule has 1 aromatic heterocycles. The van der Waals surface area contributed by atoms with E-state index in [2.05, 4.69) is 4.98 Å². The van der Waals surface area contributed by atoms with Crippen molar-refractivity contribution in [2.24, 2.45) is 5.73 Å². The minimum Gasteiger partial charge on any atom is -0.364 e. The van der Waals surface area contributed by atoms with Gasteiger partial charge in [0.25, 0.3) is 5.91 Å². The van der Waals surface area contributed by atoms with Crippen LogP contribution in [0.1, 0.15) is 10.5 Å². The first-order valence-electron chi connectivity index (χ1n) is 4.64. The largest absolute Gasteiger partial charge is 0.364 e. The van der Waals surface area contributed by atoms with E-state index in [1.54, 1.807) is 6.07 Å². The Hall–Kier alpha value is -1.75. The molecule has 2 rings (SSSR count). The quantitative estimate of drug-likeness (QED) is 0.657. The van der Waals surface area contributed by atoms with Crippen molar-refractivity contribution < 1.29 is 19.1 Å². The molecule has 0 radical (unpaired) electrons. The predicted octanol–water partition coefficient (Wildman–Crippen LogP) is 0.137. The second-order valence-electron chi connectivity index (χ2n) is 3.47. The molecule has 1 heterocycles. The summed E-state index contributed by atoms with van der Waals surface area (Å²) < 4.78 is 11.1. The van der Waals surface area contributed by atoms with Crippen molar-refractivity contribution >= 4 is 29.6 Å². The number of carbonyl (C=O) groups is 1. The van der Waals surface area contributed by atoms with Crippen LogP contribution in [-0.4, -0.2) is 20.7 Å². The number of aromatic nitrogens is 1. The number of fused-ring (bicyclic) bond motifs is 1. The number of rotatable bonds is 2. The molecule has 7 heteroatoms. The number of nitrogens with two attached hydrogens (primary N) is 1. The standard InChI is InChI=1S/C10H9N2O4P/c11-10(13)9-8-5-7(17(14,15)16)2-1-6(8)3-4-12-9/h1-5H,(H2,11,13)(H2,14,15,16). The number of benzene rings is 1. The van der Waals surface area contributed by atoms with Gasteiger partial charge in [0.15, 0.2) is 0 Å². The highest BCUT2D eigenvalue weighted by atomic mass is 31.2. The fourth-order valence-corrected chi connectivity index (χ4v) is 2.10. The first-order chi connectivity index (χ1) is 7.89. The van der Waals surface area contributed by atoms with E-state index in [0.717, 1.165) is 0 Å². The van der Waals surface area contributed by atoms with Crippen molar-refractivity contribution in [3.63, 3.8) is 0 Å². The van der Waals surface area contributed by atoms with Crippen LogP contribution in [0.3, 0.4) is 0 Å². The summed E-state index contributed by atoms with van der Waals surface area (Å²) in [6.07, 6.45) is 1.42. The summed E-state index contributed by atoms with van der Waals surface area (Å²) in [5.41, 5.74) is 5.14. The van der Waals surface area contributed by atoms with Gasteiger partial charge in [-0.25, -0.2) is 0 Å². The molecule has 6 nitrogen and oxygen atoms in total. The topological polar surface area (TPSA) is 114 Å². The molecule has 0 unspecified atom stereocenters. The van der Waals surface area contributed by atoms with E-state index in [0.29, 0.717) is 10.8 Å². The molecule has 4 N–H and O–H groups in total. The molecular weight excluding hydrogens is 243 g/mol. The molecular formula is C10H9N2O4P. The number of hydrogen-bond acceptors (Lipinski definition) is 3. The highest BCUT2D eigenvalue weighted by molar-refractivity contribution is 7.60. The third kappa shape index (κ3) is 2.19. The van der Waals surface area contributed by atoms with E-state index in [4.69, 9.17) is 15.5 Å². The van der Waals surface area contributed by atoms with Gasteiger partial charge < -0.3 is 15.5 Å². The Morgan fingerprint density at radius 2 is 2.00 bits per heavy atom. The fourth-order valence-electron chi connectivity index (χ4n) is 1.53. The van der Waals surface area contributed by atoms with E-state index in [1.165, 1.54) is 24.4 Å². The number of pyridine rings is 1. The van der Waals surface area contributed by atoms with Crippen molar-refractivity contribution in [3.05, 3.63) is 36.2 Å². The number of amides is 1. The Bertz CT molecular complexity index is 650. The summed E-state index contributed by atoms with van der Waals surface area (Å²) in [6.45, 7) is 0. The molecule has 17 heavy (non-hydrogen) atoms. The van der Waals surface area contributed by atoms with Gasteiger partial charge in [-0.2, -0.15) is 0 Å². The van der Waals surface area contributed by atoms with E-state index < -0.39 is 13.5 Å². The maximum absolute atomic E-state index is 11.1. The summed E-state index contributed by atoms with van der Waals surface area (Å²) in [7, 11) is -4.35. The molecule has 0 fully saturated rings. The van der Waals surface area contributed by atoms with Gasteiger partial charge in [-0.3, -0.25) is 14.3 Å². The van der Waals surface area contributed by atoms with E-state index in [9.17, 15) is 9.36 Å². The van der Waals surface area contributed by atoms with Crippen LogP contribution >= 0.6 is 7.60 Å². The summed E-state index contributed by atoms with van der Waals surface area (Å²) in [5, 5.41) is 0.812. The molecule has 0 bridgehead atoms. The van der Waals surface area contributed by atoms with Crippen molar-refractivity contribution in [2.75, 3.05) is 0 Å². The average Bonchev–Trinajstić information content (AvgIpc) is 2.26. The summed E-state index contributed by atoms with van der Waals surface area (Å²) in [5.74, 6) is -0.738. The molecule has 0 saturated heterocycles. The van der Waals surface area contributed by atoms with E-state index >= 15 is 0 Å². The lowest BCUT2D eigenvalue weighted by molar-refractivity contribution is 0.0997. The molecule has 0 aliphatic carbocycles. The minimum absolute atomic E-state index is 0.00204. The summed E-state index contributed by atoms with van der Waals surface area (Å²) >= 11 is 0. The number of nitrogens with zero attached hydrogens (tertiary/aromatic N) is 1. The van der Waals surface area contributed by atoms with E-state index in [1.807, 2.05) is 0 Å². The first-order valence-corrected chi connectivity index (χ1v) is 6.25. The fraction of sp³-hybridized carbons (Fsp3) is 0. The van der Waals surface area contributed by atoms with Gasteiger partial charge in [0, 0.05) is 11.6 Å². The number of primary amides is 1. The van der Waals surface area contributed by atoms with Crippen LogP contribution in [0.25, 0.3) is 10.8 Å². The van der Waals surface area contributed by atoms with Crippen molar-refractivity contribution in [1.29, 1.82) is 0 Å². The Balaban J connectivity index is 2.79. The van der Waals surface area contributed by atoms with Crippen molar-refractivity contribution in [3.8, 4) is 0 Å². The predicted molar refractivity (Wildman–Crippen MR) is 61.9 cm³/mol. The van der Waals surface area contributed by atoms with Crippen LogP contribution in [-0.2, 0) is 4.57 Å². The molecule has 2 aromatic rings. The summed E-state index contributed by atoms with van der Waals surface area (Å²) in [4.78, 5) is 33.0. The molecule has 1 amide bonds. The number of carbonyl (C=O) groups excluding carboxylic acids is 1. The minimum atomic E-state index is -4.35. The maximum Gasteiger partial charge on any atom is 0.356 e. The second kappa shape index (κ2) is 3.92. The van der Waals surface area contributed by atoms with Gasteiger partial charge >= 0.3 is 7.60 Å². The normalized spacial score (nSPS) is 11.6. The van der Waals surface area contributed by atoms with Gasteiger partial charge in [0.1, 0.15) is 5.69 Å². The Labute approximate surface area is 96.3 Å². The van der Waals surface area contributed by atoms with E-state index in [-0.39, 0.29) is 11.0 Å². The summed E-state index contributed by atoms with van der Waals surface area (Å²) in [6, 6.07) is 5.69. The van der Waals surface area contributed by atoms with Gasteiger partial charge in [0.05, 0.1) is 5.30 Å². The van der Waals surface area contributed by atoms with Crippen LogP contribution in [0.4, 0.5) is 0 Å². The molecule has 0 atom stereocenters. The molecule has 0 spiro atoms. The average molecular weight is 252 g/mol. The SMILES string of the molecule is NC(=O)c1nccc2ccc(P(=O)(O)O)cc12. The highest BCUT2D eigenvalue weighted by Crippen LogP contribution is 2.34. The number of hydrogen-bond donors (Lipinski definition) is 3. The monoisotopic (exact) mass is 252 g/mol. The lowest BCUT2D eigenvalue weighted by atomic mass is 10.1. The van der Waals surface area contributed by atoms with Gasteiger partial charge in [-0.05, 0) is 23.6 Å². The van der Waals surface area contributed by atoms with Crippen LogP contribution in [0.5, 0.6) is 0 Å². The maximum atomic E-state index is 11.1. The zero-order chi connectivity index (χ0) is 12.6. The van der Waals surface area contributed by atoms with Gasteiger partial charge in [-0.1, -0.05) is 6.07 Å². The van der Waals surface area contributed by atoms with Crippen LogP contribution in [0, 0.1) is 0 Å². The smallest absolute Gasteiger partial charge is 0.356 e. The zero-order valence-corrected chi connectivity index (χ0v) is 9.46. The van der Waals surface area contributed by atoms with Crippen LogP contribution < -0.4 is 11.0 Å². The third-order valence-electron chi connectivity index (χ3n) is 2.32. The Morgan fingerprint density at radius 1 is 1.29 bits per heavy atom. The van der Waals surface area contributed by atoms with Crippen LogP contribution in [0.15, 0.2) is 30.5 Å². The molecule has 1 aromatic carbocycles. The third-order valence-corrected chi connectivity index (χ3v) is 3.27. The highest BCUT2D eigenvalue weighted by Gasteiger charge is 2.18. The lowest BCUT2D eigenvalue weighted by Gasteiger charge is -2.07. The van der Waals surface area contributed by atoms with Crippen LogP contribution in [0.2, 0.25) is 0 Å².